The molecule has 1 aromatic rings. The minimum atomic E-state index is -1.85. The number of nitrogens with two attached hydrogens (primary N) is 7. The number of aromatic hydroxyl groups is 1. The highest BCUT2D eigenvalue weighted by Crippen LogP contribution is 2.25. The number of amides is 6. The van der Waals surface area contributed by atoms with Crippen molar-refractivity contribution in [3.05, 3.63) is 29.8 Å². The first-order valence-corrected chi connectivity index (χ1v) is 35.3. The number of carboxylic acids is 1. The maximum Gasteiger partial charge on any atom is 0.305 e. The molecule has 554 valence electrons. The second kappa shape index (κ2) is 48.2. The third kappa shape index (κ3) is 36.3. The van der Waals surface area contributed by atoms with E-state index in [4.69, 9.17) is 40.1 Å². The van der Waals surface area contributed by atoms with Gasteiger partial charge in [-0.1, -0.05) is 59.6 Å². The Labute approximate surface area is 580 Å². The van der Waals surface area contributed by atoms with Gasteiger partial charge < -0.3 is 87.1 Å². The lowest BCUT2D eigenvalue weighted by Gasteiger charge is -2.27. The van der Waals surface area contributed by atoms with Crippen molar-refractivity contribution in [1.82, 2.24) is 26.6 Å². The first-order chi connectivity index (χ1) is 46.2. The Balaban J connectivity index is 3.64. The number of thioether (sulfide) groups is 1. The molecule has 0 saturated heterocycles. The molecule has 0 aliphatic rings. The highest BCUT2D eigenvalue weighted by atomic mass is 32.2. The fourth-order valence-electron chi connectivity index (χ4n) is 11.1. The number of carbonyl (C=O) groups is 12. The number of hydrogen-bond acceptors (Lipinski definition) is 20. The first kappa shape index (κ1) is 88.4. The molecule has 1 rings (SSSR count). The Morgan fingerprint density at radius 3 is 1.40 bits per heavy atom. The molecular formula is C67H114N14O16S. The summed E-state index contributed by atoms with van der Waals surface area (Å²) < 4.78 is 0. The topological polar surface area (TPSA) is 553 Å². The normalized spacial score (nSPS) is 15.0. The molecule has 98 heavy (non-hydrogen) atoms. The fraction of sp³-hybridized carbons (Fsp3) is 0.701. The molecule has 0 heterocycles. The third-order valence-electron chi connectivity index (χ3n) is 16.7. The maximum atomic E-state index is 14.6. The van der Waals surface area contributed by atoms with E-state index in [0.717, 1.165) is 12.8 Å². The van der Waals surface area contributed by atoms with Crippen LogP contribution in [0.2, 0.25) is 0 Å². The minimum absolute atomic E-state index is 0.00380. The van der Waals surface area contributed by atoms with E-state index >= 15 is 0 Å². The number of aliphatic carboxylic acids is 1. The second-order valence-corrected chi connectivity index (χ2v) is 27.2. The number of Topliss-reactive ketones (excluding diaryl/α,β-unsaturated/α-hetero) is 5. The molecule has 6 amide bonds. The van der Waals surface area contributed by atoms with Crippen molar-refractivity contribution in [3.63, 3.8) is 0 Å². The summed E-state index contributed by atoms with van der Waals surface area (Å²) in [7, 11) is 0. The van der Waals surface area contributed by atoms with Crippen molar-refractivity contribution in [1.29, 1.82) is 0 Å². The molecule has 0 spiro atoms. The van der Waals surface area contributed by atoms with Gasteiger partial charge in [-0.3, -0.25) is 67.5 Å². The van der Waals surface area contributed by atoms with Gasteiger partial charge in [-0.05, 0) is 139 Å². The Morgan fingerprint density at radius 1 is 0.480 bits per heavy atom. The van der Waals surface area contributed by atoms with E-state index in [1.54, 1.807) is 13.2 Å². The predicted octanol–water partition coefficient (Wildman–Crippen LogP) is 0.415. The SMILES string of the molecule is CSCC[C@H](NC(=O)[C@H](CO)CC(=O)[C@@H](CCCN=C(N)N)NC(=O)[C@@H](CC(=O)[C@@H](C)CCCCN)CC(C)C)C(=O)C[C@H](C(=O)N[C@@H](CC(=O)O)C(=O)C[C@@H](CCCCN)C(=O)N[C@@H](Cc1ccc(O)cc1)C(=O)C[C@@H](CCCN=C(N)N)C(=O)N[C@@H](CC(C)C)C(N)=O)[C@@H](C)O. The third-order valence-corrected chi connectivity index (χ3v) is 17.4. The minimum Gasteiger partial charge on any atom is -0.508 e. The van der Waals surface area contributed by atoms with E-state index in [1.165, 1.54) is 43.0 Å². The predicted molar refractivity (Wildman–Crippen MR) is 374 cm³/mol. The summed E-state index contributed by atoms with van der Waals surface area (Å²) in [5, 5.41) is 54.9. The number of aliphatic hydroxyl groups excluding tert-OH is 2. The number of hydrogen-bond donors (Lipinski definition) is 16. The molecule has 0 unspecified atom stereocenters. The Bertz CT molecular complexity index is 2780. The zero-order valence-electron chi connectivity index (χ0n) is 58.3. The van der Waals surface area contributed by atoms with Crippen molar-refractivity contribution in [3.8, 4) is 5.75 Å². The number of nitrogens with zero attached hydrogens (tertiary/aromatic N) is 2. The number of unbranched alkanes of at least 4 members (excludes halogenated alkanes) is 2. The summed E-state index contributed by atoms with van der Waals surface area (Å²) in [6.07, 6.45) is -0.174. The molecule has 12 atom stereocenters. The molecule has 31 heteroatoms. The monoisotopic (exact) mass is 1400 g/mol. The lowest BCUT2D eigenvalue weighted by atomic mass is 9.86. The number of aliphatic hydroxyl groups is 2. The molecule has 0 radical (unpaired) electrons. The molecule has 0 aromatic heterocycles. The molecule has 23 N–H and O–H groups in total. The molecule has 0 bridgehead atoms. The van der Waals surface area contributed by atoms with E-state index in [1.807, 2.05) is 27.7 Å². The van der Waals surface area contributed by atoms with Gasteiger partial charge in [-0.15, -0.1) is 0 Å². The quantitative estimate of drug-likeness (QED) is 0.0239. The number of phenols is 1. The Hall–Kier alpha value is -7.61. The van der Waals surface area contributed by atoms with Crippen LogP contribution in [0.25, 0.3) is 0 Å². The van der Waals surface area contributed by atoms with Crippen LogP contribution in [0.1, 0.15) is 169 Å². The summed E-state index contributed by atoms with van der Waals surface area (Å²) in [4.78, 5) is 175. The smallest absolute Gasteiger partial charge is 0.305 e. The van der Waals surface area contributed by atoms with Crippen LogP contribution < -0.4 is 66.7 Å². The summed E-state index contributed by atoms with van der Waals surface area (Å²) in [6, 6.07) is -1.20. The lowest BCUT2D eigenvalue weighted by Crippen LogP contribution is -2.51. The number of guanidine groups is 2. The summed E-state index contributed by atoms with van der Waals surface area (Å²) in [5.41, 5.74) is 39.6. The molecular weight excluding hydrogens is 1290 g/mol. The van der Waals surface area contributed by atoms with Crippen LogP contribution >= 0.6 is 11.8 Å². The maximum absolute atomic E-state index is 14.6. The number of carboxylic acid groups (broad SMARTS) is 1. The van der Waals surface area contributed by atoms with Gasteiger partial charge in [-0.25, -0.2) is 0 Å². The van der Waals surface area contributed by atoms with E-state index < -0.39 is 169 Å². The van der Waals surface area contributed by atoms with E-state index in [2.05, 4.69) is 36.6 Å². The summed E-state index contributed by atoms with van der Waals surface area (Å²) in [6.45, 7) is 10.3. The van der Waals surface area contributed by atoms with Gasteiger partial charge in [0.15, 0.2) is 35.1 Å². The van der Waals surface area contributed by atoms with Crippen molar-refractivity contribution >= 4 is 94.0 Å². The van der Waals surface area contributed by atoms with E-state index in [-0.39, 0.29) is 131 Å². The van der Waals surface area contributed by atoms with E-state index in [0.29, 0.717) is 31.4 Å². The zero-order chi connectivity index (χ0) is 74.2. The van der Waals surface area contributed by atoms with Gasteiger partial charge >= 0.3 is 5.97 Å². The van der Waals surface area contributed by atoms with Gasteiger partial charge in [0.2, 0.25) is 35.4 Å². The number of phenolic OH excluding ortho intramolecular Hbond substituents is 1. The lowest BCUT2D eigenvalue weighted by molar-refractivity contribution is -0.142. The fourth-order valence-corrected chi connectivity index (χ4v) is 11.5. The van der Waals surface area contributed by atoms with Crippen LogP contribution in [0.3, 0.4) is 0 Å². The molecule has 0 aliphatic carbocycles. The van der Waals surface area contributed by atoms with Crippen LogP contribution in [-0.4, -0.2) is 184 Å². The largest absolute Gasteiger partial charge is 0.508 e. The standard InChI is InChI=1S/C67H114N14O16S/c1-38(2)28-45(33-54(85)40(5)14-8-10-23-68)63(95)77-49(17-13-26-76-67(73)74)55(86)34-46(37-82)64(96)78-50(22-27-98-7)58(89)35-48(41(6)83)65(97)80-52(36-59(90)91)57(88)31-43(15-9-11-24-69)61(93)79-51(30-42-18-20-47(84)21-19-42)56(87)32-44(16-12-25-75-66(71)72)62(94)81-53(60(70)92)29-39(3)4/h18-21,38-41,43-46,48-53,82-84H,8-17,22-37,68-69H2,1-7H3,(H2,70,92)(H,77,95)(H,78,96)(H,79,93)(H,80,97)(H,81,94)(H,90,91)(H4,71,72,75)(H4,73,74,76)/t40-,41+,43+,44+,45+,46-,48-,49+,50-,51-,52-,53-/m0/s1. The number of rotatable bonds is 55. The van der Waals surface area contributed by atoms with Crippen molar-refractivity contribution in [2.75, 3.05) is 44.8 Å². The van der Waals surface area contributed by atoms with E-state index in [9.17, 15) is 78.0 Å². The van der Waals surface area contributed by atoms with Gasteiger partial charge in [0.1, 0.15) is 17.6 Å². The van der Waals surface area contributed by atoms with Crippen LogP contribution in [0.5, 0.6) is 5.75 Å². The van der Waals surface area contributed by atoms with Crippen LogP contribution in [0.15, 0.2) is 34.3 Å². The Morgan fingerprint density at radius 2 is 0.908 bits per heavy atom. The highest BCUT2D eigenvalue weighted by Gasteiger charge is 2.38. The average molecular weight is 1400 g/mol. The van der Waals surface area contributed by atoms with Gasteiger partial charge in [0, 0.05) is 68.9 Å². The molecule has 0 saturated carbocycles. The number of benzene rings is 1. The molecule has 0 fully saturated rings. The summed E-state index contributed by atoms with van der Waals surface area (Å²) in [5.74, 6) is -16.7. The average Bonchev–Trinajstić information content (AvgIpc) is 0.880. The van der Waals surface area contributed by atoms with Crippen molar-refractivity contribution in [2.45, 2.75) is 206 Å². The Kier molecular flexibility index (Phi) is 43.5. The van der Waals surface area contributed by atoms with Crippen molar-refractivity contribution in [2.24, 2.45) is 97.5 Å². The number of ketones is 5. The van der Waals surface area contributed by atoms with Crippen LogP contribution in [0, 0.1) is 47.3 Å². The number of primary amides is 1. The van der Waals surface area contributed by atoms with Crippen molar-refractivity contribution < 1.29 is 78.0 Å². The number of carbonyl (C=O) groups excluding carboxylic acids is 11. The number of aliphatic imine (C=N–C) groups is 2. The van der Waals surface area contributed by atoms with Crippen LogP contribution in [0.4, 0.5) is 0 Å². The number of nitrogens with one attached hydrogen (secondary N) is 5. The summed E-state index contributed by atoms with van der Waals surface area (Å²) >= 11 is 1.30. The molecule has 1 aromatic carbocycles. The first-order valence-electron chi connectivity index (χ1n) is 33.9. The van der Waals surface area contributed by atoms with Gasteiger partial charge in [-0.2, -0.15) is 11.8 Å². The highest BCUT2D eigenvalue weighted by molar-refractivity contribution is 7.98. The van der Waals surface area contributed by atoms with Gasteiger partial charge in [0.05, 0.1) is 55.1 Å². The molecule has 0 aliphatic heterocycles. The second-order valence-electron chi connectivity index (χ2n) is 26.3. The van der Waals surface area contributed by atoms with Crippen LogP contribution in [-0.2, 0) is 64.0 Å². The zero-order valence-corrected chi connectivity index (χ0v) is 59.1. The van der Waals surface area contributed by atoms with Gasteiger partial charge in [0.25, 0.3) is 0 Å². The molecule has 30 nitrogen and oxygen atoms in total.